The summed E-state index contributed by atoms with van der Waals surface area (Å²) in [5.41, 5.74) is 7.56. The molecule has 0 bridgehead atoms. The second-order valence-electron chi connectivity index (χ2n) is 6.69. The number of hydrogen-bond acceptors (Lipinski definition) is 3. The Hall–Kier alpha value is -3.50. The van der Waals surface area contributed by atoms with E-state index >= 15 is 0 Å². The van der Waals surface area contributed by atoms with Crippen LogP contribution in [0.15, 0.2) is 84.0 Å². The van der Waals surface area contributed by atoms with Crippen LogP contribution in [0.4, 0.5) is 0 Å². The highest BCUT2D eigenvalue weighted by Gasteiger charge is 2.13. The van der Waals surface area contributed by atoms with Crippen LogP contribution in [-0.2, 0) is 0 Å². The summed E-state index contributed by atoms with van der Waals surface area (Å²) in [6.07, 6.45) is 1.56. The fourth-order valence-corrected chi connectivity index (χ4v) is 3.25. The van der Waals surface area contributed by atoms with Gasteiger partial charge in [-0.05, 0) is 36.8 Å². The number of aryl methyl sites for hydroxylation is 1. The maximum Gasteiger partial charge on any atom is 0.272 e. The smallest absolute Gasteiger partial charge is 0.267 e. The molecular weight excluding hydrogens is 382 g/mol. The number of fused-ring (bicyclic) bond motifs is 1. The van der Waals surface area contributed by atoms with Crippen molar-refractivity contribution in [2.45, 2.75) is 6.92 Å². The second kappa shape index (κ2) is 8.25. The van der Waals surface area contributed by atoms with Crippen molar-refractivity contribution in [3.05, 3.63) is 101 Å². The zero-order chi connectivity index (χ0) is 20.2. The SMILES string of the molecule is Cc1ccc(-c2cc(C(=O)N/N=C/c3cccc(Cl)c3)c3ccccc3n2)cc1. The van der Waals surface area contributed by atoms with Gasteiger partial charge in [-0.3, -0.25) is 4.79 Å². The Labute approximate surface area is 173 Å². The number of carbonyl (C=O) groups excluding carboxylic acids is 1. The number of nitrogens with one attached hydrogen (secondary N) is 1. The van der Waals surface area contributed by atoms with Crippen molar-refractivity contribution in [1.82, 2.24) is 10.4 Å². The third kappa shape index (κ3) is 4.33. The van der Waals surface area contributed by atoms with Crippen molar-refractivity contribution < 1.29 is 4.79 Å². The summed E-state index contributed by atoms with van der Waals surface area (Å²) >= 11 is 5.98. The van der Waals surface area contributed by atoms with Gasteiger partial charge in [-0.15, -0.1) is 0 Å². The van der Waals surface area contributed by atoms with E-state index in [9.17, 15) is 4.79 Å². The first-order valence-electron chi connectivity index (χ1n) is 9.16. The predicted molar refractivity (Wildman–Crippen MR) is 118 cm³/mol. The molecular formula is C24H18ClN3O. The van der Waals surface area contributed by atoms with Crippen LogP contribution in [0.2, 0.25) is 5.02 Å². The number of nitrogens with zero attached hydrogens (tertiary/aromatic N) is 2. The molecule has 4 nitrogen and oxygen atoms in total. The van der Waals surface area contributed by atoms with Gasteiger partial charge >= 0.3 is 0 Å². The number of carbonyl (C=O) groups is 1. The third-order valence-electron chi connectivity index (χ3n) is 4.54. The van der Waals surface area contributed by atoms with Crippen LogP contribution < -0.4 is 5.43 Å². The van der Waals surface area contributed by atoms with E-state index in [0.29, 0.717) is 10.6 Å². The van der Waals surface area contributed by atoms with Gasteiger partial charge in [0.1, 0.15) is 0 Å². The molecule has 1 aromatic heterocycles. The van der Waals surface area contributed by atoms with Crippen LogP contribution in [0, 0.1) is 6.92 Å². The van der Waals surface area contributed by atoms with Crippen molar-refractivity contribution in [2.75, 3.05) is 0 Å². The molecule has 1 heterocycles. The fraction of sp³-hybridized carbons (Fsp3) is 0.0417. The number of aromatic nitrogens is 1. The maximum atomic E-state index is 12.9. The number of amides is 1. The Morgan fingerprint density at radius 1 is 1.00 bits per heavy atom. The normalized spacial score (nSPS) is 11.1. The van der Waals surface area contributed by atoms with E-state index in [2.05, 4.69) is 10.5 Å². The minimum atomic E-state index is -0.296. The number of benzene rings is 3. The van der Waals surface area contributed by atoms with Crippen molar-refractivity contribution in [2.24, 2.45) is 5.10 Å². The number of halogens is 1. The highest BCUT2D eigenvalue weighted by molar-refractivity contribution is 6.30. The van der Waals surface area contributed by atoms with E-state index < -0.39 is 0 Å². The zero-order valence-corrected chi connectivity index (χ0v) is 16.5. The topological polar surface area (TPSA) is 54.4 Å². The molecule has 0 saturated heterocycles. The third-order valence-corrected chi connectivity index (χ3v) is 4.77. The molecule has 4 rings (SSSR count). The lowest BCUT2D eigenvalue weighted by atomic mass is 10.0. The molecule has 0 aliphatic carbocycles. The number of hydrazone groups is 1. The van der Waals surface area contributed by atoms with Crippen LogP contribution in [-0.4, -0.2) is 17.1 Å². The van der Waals surface area contributed by atoms with Crippen molar-refractivity contribution >= 4 is 34.6 Å². The van der Waals surface area contributed by atoms with E-state index in [0.717, 1.165) is 27.7 Å². The molecule has 3 aromatic carbocycles. The van der Waals surface area contributed by atoms with Crippen LogP contribution >= 0.6 is 11.6 Å². The maximum absolute atomic E-state index is 12.9. The fourth-order valence-electron chi connectivity index (χ4n) is 3.05. The van der Waals surface area contributed by atoms with Gasteiger partial charge < -0.3 is 0 Å². The van der Waals surface area contributed by atoms with Crippen molar-refractivity contribution in [3.63, 3.8) is 0 Å². The molecule has 0 unspecified atom stereocenters. The molecule has 0 radical (unpaired) electrons. The van der Waals surface area contributed by atoms with Gasteiger partial charge in [0.15, 0.2) is 0 Å². The monoisotopic (exact) mass is 399 g/mol. The summed E-state index contributed by atoms with van der Waals surface area (Å²) in [6.45, 7) is 2.04. The highest BCUT2D eigenvalue weighted by Crippen LogP contribution is 2.25. The van der Waals surface area contributed by atoms with E-state index in [4.69, 9.17) is 16.6 Å². The average Bonchev–Trinajstić information content (AvgIpc) is 2.73. The standard InChI is InChI=1S/C24H18ClN3O/c1-16-9-11-18(12-10-16)23-14-21(20-7-2-3-8-22(20)27-23)24(29)28-26-15-17-5-4-6-19(25)13-17/h2-15H,1H3,(H,28,29)/b26-15+. The Morgan fingerprint density at radius 3 is 2.59 bits per heavy atom. The minimum Gasteiger partial charge on any atom is -0.267 e. The quantitative estimate of drug-likeness (QED) is 0.357. The molecule has 0 spiro atoms. The summed E-state index contributed by atoms with van der Waals surface area (Å²) in [4.78, 5) is 17.6. The first-order chi connectivity index (χ1) is 14.1. The summed E-state index contributed by atoms with van der Waals surface area (Å²) in [5.74, 6) is -0.296. The lowest BCUT2D eigenvalue weighted by molar-refractivity contribution is 0.0956. The van der Waals surface area contributed by atoms with Crippen LogP contribution in [0.1, 0.15) is 21.5 Å². The summed E-state index contributed by atoms with van der Waals surface area (Å²) in [6, 6.07) is 24.7. The van der Waals surface area contributed by atoms with Crippen molar-refractivity contribution in [3.8, 4) is 11.3 Å². The molecule has 0 atom stereocenters. The minimum absolute atomic E-state index is 0.296. The van der Waals surface area contributed by atoms with E-state index in [1.165, 1.54) is 5.56 Å². The van der Waals surface area contributed by atoms with Crippen LogP contribution in [0.3, 0.4) is 0 Å². The molecule has 0 fully saturated rings. The Bertz CT molecular complexity index is 1220. The van der Waals surface area contributed by atoms with Gasteiger partial charge in [-0.2, -0.15) is 5.10 Å². The lowest BCUT2D eigenvalue weighted by Crippen LogP contribution is -2.18. The van der Waals surface area contributed by atoms with Gasteiger partial charge in [0.05, 0.1) is 23.0 Å². The summed E-state index contributed by atoms with van der Waals surface area (Å²) in [7, 11) is 0. The predicted octanol–water partition coefficient (Wildman–Crippen LogP) is 5.63. The lowest BCUT2D eigenvalue weighted by Gasteiger charge is -2.09. The number of rotatable bonds is 4. The molecule has 1 amide bonds. The first-order valence-corrected chi connectivity index (χ1v) is 9.54. The number of para-hydroxylation sites is 1. The first kappa shape index (κ1) is 18.8. The molecule has 29 heavy (non-hydrogen) atoms. The van der Waals surface area contributed by atoms with Crippen LogP contribution in [0.25, 0.3) is 22.2 Å². The molecule has 0 saturated carbocycles. The largest absolute Gasteiger partial charge is 0.272 e. The van der Waals surface area contributed by atoms with E-state index in [-0.39, 0.29) is 5.91 Å². The molecule has 0 aliphatic heterocycles. The highest BCUT2D eigenvalue weighted by atomic mass is 35.5. The second-order valence-corrected chi connectivity index (χ2v) is 7.13. The summed E-state index contributed by atoms with van der Waals surface area (Å²) < 4.78 is 0. The molecule has 4 aromatic rings. The van der Waals surface area contributed by atoms with Gasteiger partial charge in [-0.25, -0.2) is 10.4 Å². The van der Waals surface area contributed by atoms with E-state index in [1.54, 1.807) is 24.4 Å². The van der Waals surface area contributed by atoms with Crippen LogP contribution in [0.5, 0.6) is 0 Å². The Balaban J connectivity index is 1.68. The summed E-state index contributed by atoms with van der Waals surface area (Å²) in [5, 5.41) is 5.47. The average molecular weight is 400 g/mol. The van der Waals surface area contributed by atoms with Gasteiger partial charge in [-0.1, -0.05) is 71.8 Å². The number of pyridine rings is 1. The van der Waals surface area contributed by atoms with Crippen molar-refractivity contribution in [1.29, 1.82) is 0 Å². The number of hydrogen-bond donors (Lipinski definition) is 1. The van der Waals surface area contributed by atoms with Gasteiger partial charge in [0, 0.05) is 16.0 Å². The molecule has 0 aliphatic rings. The van der Waals surface area contributed by atoms with Gasteiger partial charge in [0.2, 0.25) is 0 Å². The van der Waals surface area contributed by atoms with Gasteiger partial charge in [0.25, 0.3) is 5.91 Å². The Kier molecular flexibility index (Phi) is 5.36. The van der Waals surface area contributed by atoms with E-state index in [1.807, 2.05) is 67.6 Å². The Morgan fingerprint density at radius 2 is 1.79 bits per heavy atom. The molecule has 142 valence electrons. The molecule has 1 N–H and O–H groups in total. The zero-order valence-electron chi connectivity index (χ0n) is 15.8. The molecule has 5 heteroatoms.